The quantitative estimate of drug-likeness (QED) is 0.747. The Kier molecular flexibility index (Phi) is 6.53. The molecule has 0 bridgehead atoms. The van der Waals surface area contributed by atoms with Gasteiger partial charge in [0, 0.05) is 45.3 Å². The maximum absolute atomic E-state index is 12.3. The lowest BCUT2D eigenvalue weighted by Gasteiger charge is -2.38. The number of amides is 1. The number of rotatable bonds is 6. The fourth-order valence-electron chi connectivity index (χ4n) is 5.06. The highest BCUT2D eigenvalue weighted by Gasteiger charge is 2.34. The van der Waals surface area contributed by atoms with E-state index in [9.17, 15) is 4.79 Å². The Balaban J connectivity index is 1.21. The van der Waals surface area contributed by atoms with Gasteiger partial charge in [0.2, 0.25) is 0 Å². The van der Waals surface area contributed by atoms with Crippen molar-refractivity contribution >= 4 is 6.09 Å². The highest BCUT2D eigenvalue weighted by atomic mass is 16.6. The Morgan fingerprint density at radius 3 is 2.43 bits per heavy atom. The van der Waals surface area contributed by atoms with E-state index < -0.39 is 0 Å². The molecule has 0 N–H and O–H groups in total. The molecule has 3 aliphatic rings. The van der Waals surface area contributed by atoms with E-state index in [1.54, 1.807) is 0 Å². The van der Waals surface area contributed by atoms with Gasteiger partial charge in [0.15, 0.2) is 0 Å². The van der Waals surface area contributed by atoms with Crippen LogP contribution in [0.15, 0.2) is 30.3 Å². The van der Waals surface area contributed by atoms with Crippen LogP contribution in [0.2, 0.25) is 0 Å². The van der Waals surface area contributed by atoms with E-state index in [4.69, 9.17) is 4.74 Å². The molecule has 0 spiro atoms. The van der Waals surface area contributed by atoms with Gasteiger partial charge in [0.05, 0.1) is 6.54 Å². The first-order valence-electron chi connectivity index (χ1n) is 11.2. The summed E-state index contributed by atoms with van der Waals surface area (Å²) in [7, 11) is 0. The van der Waals surface area contributed by atoms with Crippen molar-refractivity contribution in [1.82, 2.24) is 14.7 Å². The molecular weight excluding hydrogens is 350 g/mol. The van der Waals surface area contributed by atoms with Gasteiger partial charge >= 0.3 is 6.09 Å². The minimum Gasteiger partial charge on any atom is -0.443 e. The molecule has 1 saturated carbocycles. The molecule has 2 heterocycles. The number of benzene rings is 1. The van der Waals surface area contributed by atoms with Crippen LogP contribution in [0.1, 0.15) is 50.6 Å². The maximum atomic E-state index is 12.3. The number of carbonyl (C=O) groups is 1. The molecule has 2 unspecified atom stereocenters. The number of hydrogen-bond donors (Lipinski definition) is 0. The van der Waals surface area contributed by atoms with Crippen LogP contribution in [-0.4, -0.2) is 72.7 Å². The van der Waals surface area contributed by atoms with E-state index in [0.29, 0.717) is 12.0 Å². The zero-order chi connectivity index (χ0) is 19.3. The zero-order valence-electron chi connectivity index (χ0n) is 17.3. The van der Waals surface area contributed by atoms with Crippen molar-refractivity contribution in [2.75, 3.05) is 45.8 Å². The van der Waals surface area contributed by atoms with Gasteiger partial charge in [-0.15, -0.1) is 0 Å². The molecule has 1 aliphatic carbocycles. The summed E-state index contributed by atoms with van der Waals surface area (Å²) in [6, 6.07) is 11.2. The van der Waals surface area contributed by atoms with Crippen molar-refractivity contribution in [3.63, 3.8) is 0 Å². The molecule has 2 saturated heterocycles. The highest BCUT2D eigenvalue weighted by molar-refractivity contribution is 5.69. The molecular formula is C23H35N3O2. The normalized spacial score (nSPS) is 26.4. The van der Waals surface area contributed by atoms with E-state index in [1.165, 1.54) is 37.7 Å². The Morgan fingerprint density at radius 1 is 1.00 bits per heavy atom. The average Bonchev–Trinajstić information content (AvgIpc) is 3.08. The third-order valence-electron chi connectivity index (χ3n) is 6.85. The summed E-state index contributed by atoms with van der Waals surface area (Å²) >= 11 is 0. The Morgan fingerprint density at radius 2 is 1.71 bits per heavy atom. The Bertz CT molecular complexity index is 624. The standard InChI is InChI=1S/C23H35N3O2/c1-19(21-10-6-3-7-11-21)25-14-12-24(13-15-25)17-22-18-26(23(27)28-22)16-20-8-4-2-5-9-20/h3,6-7,10-11,19-20,22H,2,4-5,8-9,12-18H2,1H3. The Hall–Kier alpha value is -1.59. The summed E-state index contributed by atoms with van der Waals surface area (Å²) in [6.07, 6.45) is 6.50. The van der Waals surface area contributed by atoms with Gasteiger partial charge in [-0.3, -0.25) is 9.80 Å². The molecule has 0 radical (unpaired) electrons. The lowest BCUT2D eigenvalue weighted by molar-refractivity contribution is 0.0638. The van der Waals surface area contributed by atoms with Crippen LogP contribution in [0.4, 0.5) is 4.79 Å². The van der Waals surface area contributed by atoms with Crippen LogP contribution in [0.5, 0.6) is 0 Å². The largest absolute Gasteiger partial charge is 0.443 e. The predicted octanol–water partition coefficient (Wildman–Crippen LogP) is 3.77. The molecule has 1 aromatic carbocycles. The van der Waals surface area contributed by atoms with Crippen LogP contribution in [0, 0.1) is 5.92 Å². The number of nitrogens with zero attached hydrogens (tertiary/aromatic N) is 3. The van der Waals surface area contributed by atoms with E-state index >= 15 is 0 Å². The van der Waals surface area contributed by atoms with Crippen LogP contribution < -0.4 is 0 Å². The number of ether oxygens (including phenoxy) is 1. The monoisotopic (exact) mass is 385 g/mol. The van der Waals surface area contributed by atoms with Crippen LogP contribution >= 0.6 is 0 Å². The average molecular weight is 386 g/mol. The van der Waals surface area contributed by atoms with Crippen LogP contribution in [0.3, 0.4) is 0 Å². The molecule has 5 heteroatoms. The molecule has 0 aromatic heterocycles. The summed E-state index contributed by atoms with van der Waals surface area (Å²) in [5.41, 5.74) is 1.39. The van der Waals surface area contributed by atoms with Gasteiger partial charge in [-0.25, -0.2) is 4.79 Å². The van der Waals surface area contributed by atoms with Crippen molar-refractivity contribution in [3.05, 3.63) is 35.9 Å². The molecule has 2 aliphatic heterocycles. The molecule has 154 valence electrons. The third-order valence-corrected chi connectivity index (χ3v) is 6.85. The first-order chi connectivity index (χ1) is 13.7. The summed E-state index contributed by atoms with van der Waals surface area (Å²) < 4.78 is 5.69. The summed E-state index contributed by atoms with van der Waals surface area (Å²) in [5, 5.41) is 0. The van der Waals surface area contributed by atoms with E-state index in [-0.39, 0.29) is 12.2 Å². The van der Waals surface area contributed by atoms with E-state index in [0.717, 1.165) is 45.8 Å². The maximum Gasteiger partial charge on any atom is 0.410 e. The lowest BCUT2D eigenvalue weighted by atomic mass is 9.89. The second-order valence-electron chi connectivity index (χ2n) is 8.84. The summed E-state index contributed by atoms with van der Waals surface area (Å²) in [6.45, 7) is 9.09. The first-order valence-corrected chi connectivity index (χ1v) is 11.2. The minimum absolute atomic E-state index is 0.0363. The highest BCUT2D eigenvalue weighted by Crippen LogP contribution is 2.26. The molecule has 1 amide bonds. The molecule has 28 heavy (non-hydrogen) atoms. The number of carbonyl (C=O) groups excluding carboxylic acids is 1. The van der Waals surface area contributed by atoms with E-state index in [2.05, 4.69) is 47.1 Å². The fraction of sp³-hybridized carbons (Fsp3) is 0.696. The van der Waals surface area contributed by atoms with Crippen molar-refractivity contribution in [1.29, 1.82) is 0 Å². The topological polar surface area (TPSA) is 36.0 Å². The zero-order valence-corrected chi connectivity index (χ0v) is 17.3. The SMILES string of the molecule is CC(c1ccccc1)N1CCN(CC2CN(CC3CCCCC3)C(=O)O2)CC1. The first kappa shape index (κ1) is 19.7. The van der Waals surface area contributed by atoms with Crippen molar-refractivity contribution < 1.29 is 9.53 Å². The fourth-order valence-corrected chi connectivity index (χ4v) is 5.06. The minimum atomic E-state index is -0.0908. The number of hydrogen-bond acceptors (Lipinski definition) is 4. The molecule has 2 atom stereocenters. The van der Waals surface area contributed by atoms with Crippen molar-refractivity contribution in [2.24, 2.45) is 5.92 Å². The lowest BCUT2D eigenvalue weighted by Crippen LogP contribution is -2.49. The van der Waals surface area contributed by atoms with Crippen molar-refractivity contribution in [2.45, 2.75) is 51.2 Å². The summed E-state index contributed by atoms with van der Waals surface area (Å²) in [5.74, 6) is 0.683. The molecule has 5 nitrogen and oxygen atoms in total. The van der Waals surface area contributed by atoms with Gasteiger partial charge in [0.1, 0.15) is 6.10 Å². The molecule has 3 fully saturated rings. The van der Waals surface area contributed by atoms with Gasteiger partial charge in [-0.05, 0) is 31.2 Å². The molecule has 1 aromatic rings. The third kappa shape index (κ3) is 4.87. The van der Waals surface area contributed by atoms with Gasteiger partial charge in [-0.2, -0.15) is 0 Å². The Labute approximate surface area is 169 Å². The number of cyclic esters (lactones) is 1. The van der Waals surface area contributed by atoms with Gasteiger partial charge in [0.25, 0.3) is 0 Å². The smallest absolute Gasteiger partial charge is 0.410 e. The predicted molar refractivity (Wildman–Crippen MR) is 111 cm³/mol. The number of piperazine rings is 1. The van der Waals surface area contributed by atoms with Crippen LogP contribution in [-0.2, 0) is 4.74 Å². The van der Waals surface area contributed by atoms with Gasteiger partial charge in [-0.1, -0.05) is 49.6 Å². The van der Waals surface area contributed by atoms with Crippen LogP contribution in [0.25, 0.3) is 0 Å². The summed E-state index contributed by atoms with van der Waals surface area (Å²) in [4.78, 5) is 19.3. The second-order valence-corrected chi connectivity index (χ2v) is 8.84. The molecule has 4 rings (SSSR count). The van der Waals surface area contributed by atoms with Gasteiger partial charge < -0.3 is 9.64 Å². The second kappa shape index (κ2) is 9.27. The van der Waals surface area contributed by atoms with E-state index in [1.807, 2.05) is 4.90 Å². The van der Waals surface area contributed by atoms with Crippen molar-refractivity contribution in [3.8, 4) is 0 Å².